The number of aromatic nitrogens is 2. The summed E-state index contributed by atoms with van der Waals surface area (Å²) in [5, 5.41) is 9.85. The summed E-state index contributed by atoms with van der Waals surface area (Å²) in [6.45, 7) is 4.45. The Labute approximate surface area is 301 Å². The highest BCUT2D eigenvalue weighted by Gasteiger charge is 2.54. The fourth-order valence-corrected chi connectivity index (χ4v) is 8.76. The smallest absolute Gasteiger partial charge is 0.282 e. The Kier molecular flexibility index (Phi) is 8.09. The van der Waals surface area contributed by atoms with E-state index in [0.29, 0.717) is 28.8 Å². The SMILES string of the molecule is CN1CC(Nc2cnn(C)c(=O)c2Br)CC(c2ccc(C(=O)N3CC4(C3)CN(c3ccc5c(c3)C(=O)N(C3CCC(=O)NC3=O)C5=O)C4)cc2)C1. The molecule has 0 bridgehead atoms. The lowest BCUT2D eigenvalue weighted by atomic mass is 9.72. The van der Waals surface area contributed by atoms with E-state index in [0.717, 1.165) is 48.8 Å². The monoisotopic (exact) mass is 756 g/mol. The van der Waals surface area contributed by atoms with Crippen LogP contribution in [-0.4, -0.2) is 112 Å². The Bertz CT molecular complexity index is 2050. The number of benzene rings is 2. The van der Waals surface area contributed by atoms with Crippen molar-refractivity contribution < 1.29 is 24.0 Å². The molecule has 1 aromatic heterocycles. The zero-order valence-electron chi connectivity index (χ0n) is 28.2. The van der Waals surface area contributed by atoms with Gasteiger partial charge in [0.1, 0.15) is 10.5 Å². The molecule has 0 saturated carbocycles. The molecule has 4 fully saturated rings. The van der Waals surface area contributed by atoms with Crippen LogP contribution in [0.25, 0.3) is 0 Å². The van der Waals surface area contributed by atoms with E-state index < -0.39 is 29.7 Å². The molecule has 5 aliphatic rings. The zero-order valence-corrected chi connectivity index (χ0v) is 29.8. The molecule has 2 N–H and O–H groups in total. The van der Waals surface area contributed by atoms with E-state index in [2.05, 4.69) is 48.5 Å². The predicted octanol–water partition coefficient (Wildman–Crippen LogP) is 1.81. The molecule has 5 amide bonds. The van der Waals surface area contributed by atoms with Crippen LogP contribution in [0.1, 0.15) is 61.8 Å². The van der Waals surface area contributed by atoms with Gasteiger partial charge in [-0.25, -0.2) is 4.68 Å². The molecule has 0 aliphatic carbocycles. The summed E-state index contributed by atoms with van der Waals surface area (Å²) >= 11 is 3.41. The zero-order chi connectivity index (χ0) is 35.8. The third kappa shape index (κ3) is 5.81. The quantitative estimate of drug-likeness (QED) is 0.356. The minimum atomic E-state index is -0.996. The van der Waals surface area contributed by atoms with Crippen molar-refractivity contribution >= 4 is 56.8 Å². The van der Waals surface area contributed by atoms with Crippen LogP contribution in [0.15, 0.2) is 57.9 Å². The van der Waals surface area contributed by atoms with Gasteiger partial charge in [-0.15, -0.1) is 0 Å². The Morgan fingerprint density at radius 1 is 0.941 bits per heavy atom. The van der Waals surface area contributed by atoms with Gasteiger partial charge in [0.2, 0.25) is 11.8 Å². The van der Waals surface area contributed by atoms with Crippen molar-refractivity contribution in [3.8, 4) is 0 Å². The van der Waals surface area contributed by atoms with E-state index in [9.17, 15) is 28.8 Å². The molecule has 5 aliphatic heterocycles. The van der Waals surface area contributed by atoms with E-state index in [1.165, 1.54) is 4.68 Å². The fraction of sp³-hybridized carbons (Fsp3) is 0.417. The highest BCUT2D eigenvalue weighted by atomic mass is 79.9. The lowest BCUT2D eigenvalue weighted by Gasteiger charge is -2.61. The number of carbonyl (C=O) groups is 5. The second-order valence-corrected chi connectivity index (χ2v) is 15.4. The normalized spacial score (nSPS) is 24.3. The largest absolute Gasteiger partial charge is 0.379 e. The maximum atomic E-state index is 13.4. The molecule has 15 heteroatoms. The molecule has 4 saturated heterocycles. The number of hydrogen-bond donors (Lipinski definition) is 2. The van der Waals surface area contributed by atoms with Crippen LogP contribution in [0.4, 0.5) is 11.4 Å². The summed E-state index contributed by atoms with van der Waals surface area (Å²) in [6.07, 6.45) is 2.72. The Balaban J connectivity index is 0.858. The first-order chi connectivity index (χ1) is 24.4. The maximum absolute atomic E-state index is 13.4. The van der Waals surface area contributed by atoms with Crippen LogP contribution in [0.5, 0.6) is 0 Å². The van der Waals surface area contributed by atoms with Gasteiger partial charge in [0.25, 0.3) is 23.3 Å². The standard InChI is InChI=1S/C36H37BrN8O6/c1-41-14-22(11-23(15-41)39-27-13-38-42(2)35(51)30(27)37)20-3-5-21(6-4-20)32(48)44-18-36(19-44)16-43(17-36)24-7-8-25-26(12-24)34(50)45(33(25)49)28-9-10-29(46)40-31(28)47/h3-8,12-13,22-23,28,39H,9-11,14-19H2,1-2H3,(H,40,46,47). The van der Waals surface area contributed by atoms with Gasteiger partial charge in [0.05, 0.1) is 23.0 Å². The first kappa shape index (κ1) is 33.3. The van der Waals surface area contributed by atoms with Gasteiger partial charge in [-0.1, -0.05) is 12.1 Å². The van der Waals surface area contributed by atoms with E-state index in [1.807, 2.05) is 35.2 Å². The van der Waals surface area contributed by atoms with Crippen molar-refractivity contribution in [1.82, 2.24) is 29.8 Å². The number of fused-ring (bicyclic) bond motifs is 1. The maximum Gasteiger partial charge on any atom is 0.282 e. The van der Waals surface area contributed by atoms with Gasteiger partial charge < -0.3 is 20.0 Å². The Morgan fingerprint density at radius 3 is 2.39 bits per heavy atom. The molecule has 3 unspecified atom stereocenters. The second-order valence-electron chi connectivity index (χ2n) is 14.6. The molecule has 3 aromatic rings. The van der Waals surface area contributed by atoms with Crippen LogP contribution >= 0.6 is 15.9 Å². The number of halogens is 1. The molecular weight excluding hydrogens is 720 g/mol. The van der Waals surface area contributed by atoms with E-state index >= 15 is 0 Å². The molecule has 3 atom stereocenters. The number of nitrogens with zero attached hydrogens (tertiary/aromatic N) is 6. The average molecular weight is 758 g/mol. The summed E-state index contributed by atoms with van der Waals surface area (Å²) in [7, 11) is 3.70. The van der Waals surface area contributed by atoms with Crippen LogP contribution in [0.3, 0.4) is 0 Å². The third-order valence-electron chi connectivity index (χ3n) is 10.9. The van der Waals surface area contributed by atoms with Gasteiger partial charge in [0.15, 0.2) is 0 Å². The lowest BCUT2D eigenvalue weighted by Crippen LogP contribution is -2.73. The Morgan fingerprint density at radius 2 is 1.67 bits per heavy atom. The molecule has 14 nitrogen and oxygen atoms in total. The number of carbonyl (C=O) groups excluding carboxylic acids is 5. The molecule has 6 heterocycles. The second kappa shape index (κ2) is 12.4. The molecule has 8 rings (SSSR count). The molecule has 0 radical (unpaired) electrons. The molecule has 2 aromatic carbocycles. The number of nitrogens with one attached hydrogen (secondary N) is 2. The number of likely N-dealkylation sites (N-methyl/N-ethyl adjacent to an activating group) is 1. The molecule has 51 heavy (non-hydrogen) atoms. The van der Waals surface area contributed by atoms with E-state index in [4.69, 9.17) is 0 Å². The van der Waals surface area contributed by atoms with Crippen LogP contribution in [0, 0.1) is 5.41 Å². The van der Waals surface area contributed by atoms with E-state index in [1.54, 1.807) is 25.4 Å². The number of aryl methyl sites for hydroxylation is 1. The molecule has 264 valence electrons. The van der Waals surface area contributed by atoms with Crippen LogP contribution in [0.2, 0.25) is 0 Å². The van der Waals surface area contributed by atoms with Gasteiger partial charge in [-0.2, -0.15) is 5.10 Å². The summed E-state index contributed by atoms with van der Waals surface area (Å²) in [6, 6.07) is 12.2. The van der Waals surface area contributed by atoms with Crippen LogP contribution in [-0.2, 0) is 16.6 Å². The fourth-order valence-electron chi connectivity index (χ4n) is 8.29. The lowest BCUT2D eigenvalue weighted by molar-refractivity contribution is -0.136. The van der Waals surface area contributed by atoms with Crippen molar-refractivity contribution in [2.24, 2.45) is 12.5 Å². The highest BCUT2D eigenvalue weighted by Crippen LogP contribution is 2.43. The van der Waals surface area contributed by atoms with Gasteiger partial charge >= 0.3 is 0 Å². The average Bonchev–Trinajstić information content (AvgIpc) is 3.32. The van der Waals surface area contributed by atoms with Gasteiger partial charge in [-0.05, 0) is 77.6 Å². The highest BCUT2D eigenvalue weighted by molar-refractivity contribution is 9.10. The first-order valence-electron chi connectivity index (χ1n) is 17.1. The number of anilines is 2. The number of likely N-dealkylation sites (tertiary alicyclic amines) is 2. The number of piperidine rings is 2. The number of imide groups is 2. The molecule has 1 spiro atoms. The van der Waals surface area contributed by atoms with Crippen molar-refractivity contribution in [3.63, 3.8) is 0 Å². The topological polar surface area (TPSA) is 157 Å². The molecular formula is C36H37BrN8O6. The van der Waals surface area contributed by atoms with Gasteiger partial charge in [-0.3, -0.25) is 39.0 Å². The predicted molar refractivity (Wildman–Crippen MR) is 190 cm³/mol. The van der Waals surface area contributed by atoms with Crippen molar-refractivity contribution in [3.05, 3.63) is 85.7 Å². The number of hydrogen-bond acceptors (Lipinski definition) is 10. The number of amides is 5. The summed E-state index contributed by atoms with van der Waals surface area (Å²) in [5.41, 5.74) is 3.62. The van der Waals surface area contributed by atoms with Crippen molar-refractivity contribution in [2.45, 2.75) is 37.3 Å². The minimum Gasteiger partial charge on any atom is -0.379 e. The third-order valence-corrected chi connectivity index (χ3v) is 11.6. The minimum absolute atomic E-state index is 0.00381. The Hall–Kier alpha value is -4.89. The first-order valence-corrected chi connectivity index (χ1v) is 17.9. The summed E-state index contributed by atoms with van der Waals surface area (Å²) in [4.78, 5) is 83.3. The van der Waals surface area contributed by atoms with Crippen molar-refractivity contribution in [1.29, 1.82) is 0 Å². The van der Waals surface area contributed by atoms with Gasteiger partial charge in [0, 0.05) is 75.4 Å². The number of rotatable bonds is 6. The van der Waals surface area contributed by atoms with Crippen molar-refractivity contribution in [2.75, 3.05) is 56.5 Å². The van der Waals surface area contributed by atoms with E-state index in [-0.39, 0.29) is 52.8 Å². The summed E-state index contributed by atoms with van der Waals surface area (Å²) in [5.74, 6) is -1.82. The van der Waals surface area contributed by atoms with Crippen LogP contribution < -0.4 is 21.1 Å². The summed E-state index contributed by atoms with van der Waals surface area (Å²) < 4.78 is 1.76.